The van der Waals surface area contributed by atoms with E-state index in [-0.39, 0.29) is 18.2 Å². The maximum absolute atomic E-state index is 12.9. The molecule has 1 saturated heterocycles. The monoisotopic (exact) mass is 375 g/mol. The van der Waals surface area contributed by atoms with Gasteiger partial charge in [-0.1, -0.05) is 42.5 Å². The van der Waals surface area contributed by atoms with Crippen molar-refractivity contribution in [2.75, 3.05) is 25.1 Å². The van der Waals surface area contributed by atoms with Crippen molar-refractivity contribution in [3.8, 4) is 0 Å². The number of thioether (sulfide) groups is 1. The van der Waals surface area contributed by atoms with Crippen LogP contribution >= 0.6 is 11.8 Å². The van der Waals surface area contributed by atoms with Crippen LogP contribution in [0.4, 0.5) is 0 Å². The summed E-state index contributed by atoms with van der Waals surface area (Å²) in [6.07, 6.45) is 2.37. The van der Waals surface area contributed by atoms with Gasteiger partial charge in [-0.3, -0.25) is 4.79 Å². The van der Waals surface area contributed by atoms with Crippen molar-refractivity contribution in [3.05, 3.63) is 65.7 Å². The maximum Gasteiger partial charge on any atom is 0.255 e. The topological polar surface area (TPSA) is 54.5 Å². The Balaban J connectivity index is 1.84. The molecule has 1 fully saturated rings. The first kappa shape index (κ1) is 18.0. The number of rotatable bonds is 3. The smallest absolute Gasteiger partial charge is 0.255 e. The minimum Gasteiger partial charge on any atom is -0.338 e. The van der Waals surface area contributed by atoms with Gasteiger partial charge in [0.05, 0.1) is 16.6 Å². The fourth-order valence-electron chi connectivity index (χ4n) is 3.18. The molecule has 1 amide bonds. The highest BCUT2D eigenvalue weighted by Crippen LogP contribution is 2.30. The van der Waals surface area contributed by atoms with E-state index in [1.165, 1.54) is 11.8 Å². The quantitative estimate of drug-likeness (QED) is 0.772. The highest BCUT2D eigenvalue weighted by atomic mass is 32.2. The molecule has 1 heterocycles. The van der Waals surface area contributed by atoms with Crippen LogP contribution in [0.5, 0.6) is 0 Å². The highest BCUT2D eigenvalue weighted by Gasteiger charge is 2.33. The summed E-state index contributed by atoms with van der Waals surface area (Å²) in [5.41, 5.74) is 1.45. The van der Waals surface area contributed by atoms with Crippen LogP contribution in [0.2, 0.25) is 0 Å². The van der Waals surface area contributed by atoms with Crippen molar-refractivity contribution >= 4 is 27.5 Å². The van der Waals surface area contributed by atoms with E-state index in [4.69, 9.17) is 0 Å². The lowest BCUT2D eigenvalue weighted by Gasteiger charge is -2.21. The summed E-state index contributed by atoms with van der Waals surface area (Å²) in [5.74, 6) is -0.0893. The highest BCUT2D eigenvalue weighted by molar-refractivity contribution is 7.98. The molecule has 0 saturated carbocycles. The first-order valence-electron chi connectivity index (χ1n) is 8.22. The number of hydrogen-bond donors (Lipinski definition) is 0. The van der Waals surface area contributed by atoms with E-state index in [1.54, 1.807) is 4.90 Å². The number of amides is 1. The second kappa shape index (κ2) is 7.62. The van der Waals surface area contributed by atoms with Gasteiger partial charge in [0.15, 0.2) is 9.84 Å². The molecular weight excluding hydrogens is 354 g/mol. The molecule has 0 N–H and O–H groups in total. The summed E-state index contributed by atoms with van der Waals surface area (Å²) in [6.45, 7) is 0.688. The van der Waals surface area contributed by atoms with Gasteiger partial charge in [-0.05, 0) is 30.4 Å². The fraction of sp³-hybridized carbons (Fsp3) is 0.316. The Hall–Kier alpha value is -1.79. The summed E-state index contributed by atoms with van der Waals surface area (Å²) in [5, 5.41) is -0.540. The summed E-state index contributed by atoms with van der Waals surface area (Å²) in [6, 6.07) is 16.8. The van der Waals surface area contributed by atoms with Gasteiger partial charge >= 0.3 is 0 Å². The van der Waals surface area contributed by atoms with Crippen molar-refractivity contribution in [3.63, 3.8) is 0 Å². The Morgan fingerprint density at radius 1 is 1.04 bits per heavy atom. The van der Waals surface area contributed by atoms with Gasteiger partial charge in [-0.15, -0.1) is 11.8 Å². The predicted molar refractivity (Wildman–Crippen MR) is 102 cm³/mol. The van der Waals surface area contributed by atoms with E-state index >= 15 is 0 Å². The SMILES string of the molecule is CSc1ccccc1C(=O)N1CCC(c2ccccc2)S(=O)(=O)CC1. The zero-order chi connectivity index (χ0) is 17.9. The Kier molecular flexibility index (Phi) is 5.49. The standard InChI is InChI=1S/C19H21NO3S2/c1-24-17-10-6-5-9-16(17)19(21)20-12-11-18(25(22,23)14-13-20)15-7-3-2-4-8-15/h2-10,18H,11-14H2,1H3. The Morgan fingerprint density at radius 3 is 2.44 bits per heavy atom. The first-order chi connectivity index (χ1) is 12.0. The van der Waals surface area contributed by atoms with Crippen molar-refractivity contribution in [2.45, 2.75) is 16.6 Å². The average Bonchev–Trinajstić information content (AvgIpc) is 2.80. The molecule has 4 nitrogen and oxygen atoms in total. The summed E-state index contributed by atoms with van der Waals surface area (Å²) in [4.78, 5) is 15.5. The third kappa shape index (κ3) is 3.90. The lowest BCUT2D eigenvalue weighted by molar-refractivity contribution is 0.0763. The van der Waals surface area contributed by atoms with E-state index in [0.717, 1.165) is 10.5 Å². The molecule has 1 unspecified atom stereocenters. The van der Waals surface area contributed by atoms with Crippen molar-refractivity contribution in [1.29, 1.82) is 0 Å². The van der Waals surface area contributed by atoms with Gasteiger partial charge in [0.25, 0.3) is 5.91 Å². The summed E-state index contributed by atoms with van der Waals surface area (Å²) < 4.78 is 25.4. The van der Waals surface area contributed by atoms with Crippen LogP contribution in [0.1, 0.15) is 27.6 Å². The lowest BCUT2D eigenvalue weighted by Crippen LogP contribution is -2.33. The van der Waals surface area contributed by atoms with Crippen LogP contribution in [0.15, 0.2) is 59.5 Å². The van der Waals surface area contributed by atoms with Crippen LogP contribution < -0.4 is 0 Å². The van der Waals surface area contributed by atoms with Crippen molar-refractivity contribution in [1.82, 2.24) is 4.90 Å². The number of carbonyl (C=O) groups is 1. The molecule has 2 aromatic rings. The van der Waals surface area contributed by atoms with Crippen LogP contribution in [-0.4, -0.2) is 44.3 Å². The van der Waals surface area contributed by atoms with Crippen LogP contribution in [0.3, 0.4) is 0 Å². The number of nitrogens with zero attached hydrogens (tertiary/aromatic N) is 1. The molecule has 0 aromatic heterocycles. The van der Waals surface area contributed by atoms with Crippen LogP contribution in [0, 0.1) is 0 Å². The number of sulfone groups is 1. The normalized spacial score (nSPS) is 20.0. The molecule has 1 aliphatic rings. The molecule has 0 aliphatic carbocycles. The molecule has 1 aliphatic heterocycles. The largest absolute Gasteiger partial charge is 0.338 e. The predicted octanol–water partition coefficient (Wildman–Crippen LogP) is 3.41. The Labute approximate surface area is 153 Å². The van der Waals surface area contributed by atoms with Crippen LogP contribution in [0.25, 0.3) is 0 Å². The van der Waals surface area contributed by atoms with E-state index < -0.39 is 15.1 Å². The molecule has 0 bridgehead atoms. The minimum atomic E-state index is -3.28. The second-order valence-electron chi connectivity index (χ2n) is 6.05. The maximum atomic E-state index is 12.9. The van der Waals surface area contributed by atoms with E-state index in [2.05, 4.69) is 0 Å². The van der Waals surface area contributed by atoms with Crippen LogP contribution in [-0.2, 0) is 9.84 Å². The zero-order valence-electron chi connectivity index (χ0n) is 14.1. The lowest BCUT2D eigenvalue weighted by atomic mass is 10.1. The van der Waals surface area contributed by atoms with Gasteiger partial charge in [0, 0.05) is 18.0 Å². The van der Waals surface area contributed by atoms with E-state index in [0.29, 0.717) is 18.5 Å². The van der Waals surface area contributed by atoms with Gasteiger partial charge in [0.2, 0.25) is 0 Å². The van der Waals surface area contributed by atoms with Gasteiger partial charge < -0.3 is 4.90 Å². The molecule has 6 heteroatoms. The van der Waals surface area contributed by atoms with Crippen molar-refractivity contribution in [2.24, 2.45) is 0 Å². The third-order valence-electron chi connectivity index (χ3n) is 4.54. The number of carbonyl (C=O) groups excluding carboxylic acids is 1. The van der Waals surface area contributed by atoms with Gasteiger partial charge in [0.1, 0.15) is 0 Å². The molecule has 2 aromatic carbocycles. The molecule has 0 radical (unpaired) electrons. The van der Waals surface area contributed by atoms with E-state index in [9.17, 15) is 13.2 Å². The fourth-order valence-corrected chi connectivity index (χ4v) is 5.57. The molecular formula is C19H21NO3S2. The van der Waals surface area contributed by atoms with E-state index in [1.807, 2.05) is 60.9 Å². The molecule has 0 spiro atoms. The van der Waals surface area contributed by atoms with Gasteiger partial charge in [-0.2, -0.15) is 0 Å². The number of benzene rings is 2. The minimum absolute atomic E-state index is 0.000262. The Morgan fingerprint density at radius 2 is 1.72 bits per heavy atom. The molecule has 3 rings (SSSR count). The Bertz CT molecular complexity index is 850. The molecule has 1 atom stereocenters. The van der Waals surface area contributed by atoms with Gasteiger partial charge in [-0.25, -0.2) is 8.42 Å². The zero-order valence-corrected chi connectivity index (χ0v) is 15.7. The summed E-state index contributed by atoms with van der Waals surface area (Å²) >= 11 is 1.52. The average molecular weight is 376 g/mol. The molecule has 132 valence electrons. The summed E-state index contributed by atoms with van der Waals surface area (Å²) in [7, 11) is -3.28. The molecule has 25 heavy (non-hydrogen) atoms. The first-order valence-corrected chi connectivity index (χ1v) is 11.2. The third-order valence-corrected chi connectivity index (χ3v) is 7.46. The second-order valence-corrected chi connectivity index (χ2v) is 9.20. The number of hydrogen-bond acceptors (Lipinski definition) is 4. The van der Waals surface area contributed by atoms with Crippen molar-refractivity contribution < 1.29 is 13.2 Å².